The van der Waals surface area contributed by atoms with Crippen molar-refractivity contribution in [3.05, 3.63) is 0 Å². The van der Waals surface area contributed by atoms with Crippen LogP contribution in [0.2, 0.25) is 0 Å². The first-order chi connectivity index (χ1) is 6.86. The first kappa shape index (κ1) is 12.0. The average molecular weight is 213 g/mol. The molecule has 0 unspecified atom stereocenters. The highest BCUT2D eigenvalue weighted by molar-refractivity contribution is 6.01. The van der Waals surface area contributed by atoms with E-state index in [0.29, 0.717) is 6.54 Å². The van der Waals surface area contributed by atoms with Crippen molar-refractivity contribution in [3.8, 4) is 0 Å². The van der Waals surface area contributed by atoms with Crippen molar-refractivity contribution in [1.29, 1.82) is 0 Å². The van der Waals surface area contributed by atoms with Crippen LogP contribution >= 0.6 is 0 Å². The quantitative estimate of drug-likeness (QED) is 0.657. The molecular formula is C10H19N3O2. The molecule has 1 heterocycles. The lowest BCUT2D eigenvalue weighted by Crippen LogP contribution is -2.49. The molecule has 0 saturated carbocycles. The van der Waals surface area contributed by atoms with Crippen molar-refractivity contribution in [2.45, 2.75) is 26.8 Å². The maximum absolute atomic E-state index is 11.4. The number of carbonyl (C=O) groups is 2. The number of rotatable bonds is 3. The summed E-state index contributed by atoms with van der Waals surface area (Å²) >= 11 is 0. The van der Waals surface area contributed by atoms with Crippen LogP contribution in [0.1, 0.15) is 20.8 Å². The lowest BCUT2D eigenvalue weighted by Gasteiger charge is -2.32. The largest absolute Gasteiger partial charge is 0.329 e. The highest BCUT2D eigenvalue weighted by Gasteiger charge is 2.33. The summed E-state index contributed by atoms with van der Waals surface area (Å²) in [6.07, 6.45) is 0. The second kappa shape index (κ2) is 4.18. The molecule has 0 aromatic heterocycles. The Hall–Kier alpha value is -1.10. The summed E-state index contributed by atoms with van der Waals surface area (Å²) < 4.78 is 0. The molecule has 0 aromatic rings. The van der Waals surface area contributed by atoms with Gasteiger partial charge in [-0.15, -0.1) is 0 Å². The molecule has 15 heavy (non-hydrogen) atoms. The molecular weight excluding hydrogens is 194 g/mol. The molecule has 3 amide bonds. The molecule has 2 N–H and O–H groups in total. The van der Waals surface area contributed by atoms with Gasteiger partial charge in [0, 0.05) is 12.6 Å². The van der Waals surface area contributed by atoms with Crippen LogP contribution in [0.15, 0.2) is 0 Å². The van der Waals surface area contributed by atoms with Crippen LogP contribution in [-0.2, 0) is 4.79 Å². The van der Waals surface area contributed by atoms with Crippen molar-refractivity contribution in [2.24, 2.45) is 5.41 Å². The van der Waals surface area contributed by atoms with Crippen LogP contribution in [0.3, 0.4) is 0 Å². The second-order valence-corrected chi connectivity index (χ2v) is 4.87. The standard InChI is InChI=1S/C10H19N3O2/c1-10(2,3)7(11-4)6-13-8(14)5-12-9(13)15/h7,11H,5-6H2,1-4H3,(H,12,15)/t7-/m1/s1. The van der Waals surface area contributed by atoms with Crippen LogP contribution in [0.4, 0.5) is 4.79 Å². The molecule has 1 atom stereocenters. The summed E-state index contributed by atoms with van der Waals surface area (Å²) in [4.78, 5) is 24.0. The molecule has 1 fully saturated rings. The van der Waals surface area contributed by atoms with Crippen molar-refractivity contribution >= 4 is 11.9 Å². The van der Waals surface area contributed by atoms with Crippen LogP contribution in [0, 0.1) is 5.41 Å². The van der Waals surface area contributed by atoms with E-state index in [4.69, 9.17) is 0 Å². The van der Waals surface area contributed by atoms with E-state index < -0.39 is 0 Å². The van der Waals surface area contributed by atoms with Gasteiger partial charge in [-0.1, -0.05) is 20.8 Å². The minimum Gasteiger partial charge on any atom is -0.329 e. The summed E-state index contributed by atoms with van der Waals surface area (Å²) in [6, 6.07) is -0.185. The number of hydrogen-bond acceptors (Lipinski definition) is 3. The Bertz CT molecular complexity index is 254. The molecule has 1 aliphatic rings. The number of likely N-dealkylation sites (N-methyl/N-ethyl adjacent to an activating group) is 1. The molecule has 0 aliphatic carbocycles. The molecule has 5 nitrogen and oxygen atoms in total. The Kier molecular flexibility index (Phi) is 3.34. The molecule has 5 heteroatoms. The number of nitrogens with one attached hydrogen (secondary N) is 2. The van der Waals surface area contributed by atoms with E-state index in [9.17, 15) is 9.59 Å². The summed E-state index contributed by atoms with van der Waals surface area (Å²) in [5, 5.41) is 5.65. The van der Waals surface area contributed by atoms with Crippen LogP contribution in [0.5, 0.6) is 0 Å². The molecule has 1 saturated heterocycles. The number of carbonyl (C=O) groups excluding carboxylic acids is 2. The molecule has 0 bridgehead atoms. The van der Waals surface area contributed by atoms with Gasteiger partial charge < -0.3 is 10.6 Å². The fourth-order valence-corrected chi connectivity index (χ4v) is 1.62. The van der Waals surface area contributed by atoms with Gasteiger partial charge in [0.05, 0.1) is 6.54 Å². The van der Waals surface area contributed by atoms with Crippen molar-refractivity contribution in [3.63, 3.8) is 0 Å². The third-order valence-corrected chi connectivity index (χ3v) is 2.70. The smallest absolute Gasteiger partial charge is 0.324 e. The van der Waals surface area contributed by atoms with Crippen LogP contribution in [0.25, 0.3) is 0 Å². The van der Waals surface area contributed by atoms with Crippen molar-refractivity contribution in [1.82, 2.24) is 15.5 Å². The summed E-state index contributed by atoms with van der Waals surface area (Å²) in [5.74, 6) is -0.149. The fraction of sp³-hybridized carbons (Fsp3) is 0.800. The van der Waals surface area contributed by atoms with Crippen molar-refractivity contribution in [2.75, 3.05) is 20.1 Å². The Morgan fingerprint density at radius 1 is 1.47 bits per heavy atom. The zero-order valence-electron chi connectivity index (χ0n) is 9.76. The maximum atomic E-state index is 11.4. The van der Waals surface area contributed by atoms with Gasteiger partial charge in [-0.25, -0.2) is 4.79 Å². The zero-order chi connectivity index (χ0) is 11.6. The third kappa shape index (κ3) is 2.68. The van der Waals surface area contributed by atoms with E-state index in [1.54, 1.807) is 0 Å². The predicted octanol–water partition coefficient (Wildman–Crippen LogP) is 0.172. The Balaban J connectivity index is 2.67. The SMILES string of the molecule is CN[C@H](CN1C(=O)CNC1=O)C(C)(C)C. The van der Waals surface area contributed by atoms with Gasteiger partial charge in [0.2, 0.25) is 5.91 Å². The molecule has 0 aromatic carbocycles. The van der Waals surface area contributed by atoms with Gasteiger partial charge in [-0.05, 0) is 12.5 Å². The first-order valence-corrected chi connectivity index (χ1v) is 5.11. The molecule has 1 rings (SSSR count). The lowest BCUT2D eigenvalue weighted by molar-refractivity contribution is -0.125. The monoisotopic (exact) mass is 213 g/mol. The first-order valence-electron chi connectivity index (χ1n) is 5.11. The molecule has 86 valence electrons. The maximum Gasteiger partial charge on any atom is 0.324 e. The number of hydrogen-bond donors (Lipinski definition) is 2. The Morgan fingerprint density at radius 2 is 2.07 bits per heavy atom. The van der Waals surface area contributed by atoms with E-state index in [1.807, 2.05) is 7.05 Å². The number of urea groups is 1. The van der Waals surface area contributed by atoms with E-state index in [2.05, 4.69) is 31.4 Å². The average Bonchev–Trinajstić information content (AvgIpc) is 2.41. The number of imide groups is 1. The molecule has 0 radical (unpaired) electrons. The van der Waals surface area contributed by atoms with Crippen LogP contribution in [-0.4, -0.2) is 43.0 Å². The Morgan fingerprint density at radius 3 is 2.40 bits per heavy atom. The van der Waals surface area contributed by atoms with Gasteiger partial charge in [0.1, 0.15) is 0 Å². The van der Waals surface area contributed by atoms with Gasteiger partial charge in [0.15, 0.2) is 0 Å². The summed E-state index contributed by atoms with van der Waals surface area (Å²) in [6.45, 7) is 6.77. The van der Waals surface area contributed by atoms with Gasteiger partial charge in [0.25, 0.3) is 0 Å². The number of nitrogens with zero attached hydrogens (tertiary/aromatic N) is 1. The lowest BCUT2D eigenvalue weighted by atomic mass is 9.86. The minimum atomic E-state index is -0.287. The minimum absolute atomic E-state index is 0.0118. The zero-order valence-corrected chi connectivity index (χ0v) is 9.76. The van der Waals surface area contributed by atoms with E-state index in [0.717, 1.165) is 0 Å². The third-order valence-electron chi connectivity index (χ3n) is 2.70. The Labute approximate surface area is 90.2 Å². The van der Waals surface area contributed by atoms with E-state index in [-0.39, 0.29) is 29.9 Å². The molecule has 0 spiro atoms. The second-order valence-electron chi connectivity index (χ2n) is 4.87. The van der Waals surface area contributed by atoms with E-state index >= 15 is 0 Å². The molecule has 1 aliphatic heterocycles. The van der Waals surface area contributed by atoms with Crippen molar-refractivity contribution < 1.29 is 9.59 Å². The van der Waals surface area contributed by atoms with E-state index in [1.165, 1.54) is 4.90 Å². The predicted molar refractivity (Wildman–Crippen MR) is 57.4 cm³/mol. The highest BCUT2D eigenvalue weighted by atomic mass is 16.2. The highest BCUT2D eigenvalue weighted by Crippen LogP contribution is 2.20. The summed E-state index contributed by atoms with van der Waals surface area (Å²) in [5.41, 5.74) is 0.0118. The normalized spacial score (nSPS) is 19.3. The topological polar surface area (TPSA) is 61.4 Å². The van der Waals surface area contributed by atoms with Gasteiger partial charge >= 0.3 is 6.03 Å². The van der Waals surface area contributed by atoms with Gasteiger partial charge in [-0.2, -0.15) is 0 Å². The fourth-order valence-electron chi connectivity index (χ4n) is 1.62. The van der Waals surface area contributed by atoms with Gasteiger partial charge in [-0.3, -0.25) is 9.69 Å². The van der Waals surface area contributed by atoms with Crippen LogP contribution < -0.4 is 10.6 Å². The summed E-state index contributed by atoms with van der Waals surface area (Å²) in [7, 11) is 1.84. The number of amides is 3.